The van der Waals surface area contributed by atoms with Crippen molar-refractivity contribution >= 4 is 22.8 Å². The smallest absolute Gasteiger partial charge is 0.213 e. The predicted molar refractivity (Wildman–Crippen MR) is 133 cm³/mol. The molecule has 0 aliphatic rings. The van der Waals surface area contributed by atoms with Crippen molar-refractivity contribution < 1.29 is 13.5 Å². The molecule has 1 unspecified atom stereocenters. The van der Waals surface area contributed by atoms with Crippen LogP contribution >= 0.6 is 0 Å². The fourth-order valence-electron chi connectivity index (χ4n) is 3.22. The topological polar surface area (TPSA) is 160 Å². The number of aromatic nitrogens is 6. The third-order valence-electron chi connectivity index (χ3n) is 5.48. The molecule has 3 N–H and O–H groups in total. The van der Waals surface area contributed by atoms with Crippen LogP contribution in [-0.2, 0) is 17.8 Å². The van der Waals surface area contributed by atoms with Gasteiger partial charge in [-0.05, 0) is 42.5 Å². The maximum Gasteiger partial charge on any atom is 0.213 e. The molecule has 1 atom stereocenters. The van der Waals surface area contributed by atoms with Crippen molar-refractivity contribution in [2.75, 3.05) is 37.3 Å². The molecule has 0 amide bonds. The summed E-state index contributed by atoms with van der Waals surface area (Å²) in [4.78, 5) is 9.77. The number of anilines is 2. The summed E-state index contributed by atoms with van der Waals surface area (Å²) in [5.74, 6) is 1.44. The molecular formula is C22H32N9O3S-. The van der Waals surface area contributed by atoms with E-state index in [9.17, 15) is 8.76 Å². The molecule has 3 heterocycles. The molecule has 3 aromatic heterocycles. The first-order valence-corrected chi connectivity index (χ1v) is 12.5. The molecule has 3 rings (SSSR count). The molecule has 0 aliphatic heterocycles. The summed E-state index contributed by atoms with van der Waals surface area (Å²) >= 11 is -2.30. The summed E-state index contributed by atoms with van der Waals surface area (Å²) in [6.07, 6.45) is 4.70. The average Bonchev–Trinajstić information content (AvgIpc) is 3.31. The number of aryl methyl sites for hydroxylation is 1. The van der Waals surface area contributed by atoms with Crippen LogP contribution in [-0.4, -0.2) is 69.5 Å². The lowest BCUT2D eigenvalue weighted by atomic mass is 9.86. The zero-order valence-electron chi connectivity index (χ0n) is 20.3. The van der Waals surface area contributed by atoms with Crippen molar-refractivity contribution in [2.45, 2.75) is 40.2 Å². The molecule has 12 nitrogen and oxygen atoms in total. The first-order chi connectivity index (χ1) is 16.8. The maximum absolute atomic E-state index is 11.7. The number of ether oxygens (including phenoxy) is 1. The van der Waals surface area contributed by atoms with Crippen molar-refractivity contribution in [3.05, 3.63) is 36.7 Å². The van der Waals surface area contributed by atoms with E-state index in [1.54, 1.807) is 30.6 Å². The molecule has 0 radical (unpaired) electrons. The van der Waals surface area contributed by atoms with Crippen molar-refractivity contribution in [3.63, 3.8) is 0 Å². The van der Waals surface area contributed by atoms with Gasteiger partial charge in [-0.3, -0.25) is 4.21 Å². The van der Waals surface area contributed by atoms with Crippen LogP contribution in [0.1, 0.15) is 33.6 Å². The third kappa shape index (κ3) is 8.53. The molecule has 3 aromatic rings. The van der Waals surface area contributed by atoms with E-state index in [1.165, 1.54) is 9.10 Å². The van der Waals surface area contributed by atoms with E-state index in [-0.39, 0.29) is 5.41 Å². The molecule has 13 heteroatoms. The van der Waals surface area contributed by atoms with E-state index in [2.05, 4.69) is 44.5 Å². The highest BCUT2D eigenvalue weighted by Crippen LogP contribution is 2.26. The fraction of sp³-hybridized carbons (Fsp3) is 0.500. The van der Waals surface area contributed by atoms with Gasteiger partial charge in [0.2, 0.25) is 11.7 Å². The first-order valence-electron chi connectivity index (χ1n) is 11.4. The number of nitrogens with zero attached hydrogens (tertiary/aromatic N) is 7. The Morgan fingerprint density at radius 3 is 2.71 bits per heavy atom. The number of hydrogen-bond donors (Lipinski definition) is 2. The molecule has 0 fully saturated rings. The van der Waals surface area contributed by atoms with Crippen molar-refractivity contribution in [3.8, 4) is 17.3 Å². The minimum absolute atomic E-state index is 0.118. The SMILES string of the molecule is CCn1nnc(-c2ccc(OCCC(C)(C)CCN(CCNc3ccnc(N)c3)S(=O)[O-])nc2)n1. The highest BCUT2D eigenvalue weighted by atomic mass is 32.2. The lowest BCUT2D eigenvalue weighted by Gasteiger charge is -2.30. The van der Waals surface area contributed by atoms with Gasteiger partial charge in [-0.15, -0.1) is 10.2 Å². The van der Waals surface area contributed by atoms with E-state index in [1.807, 2.05) is 13.0 Å². The summed E-state index contributed by atoms with van der Waals surface area (Å²) < 4.78 is 30.6. The van der Waals surface area contributed by atoms with E-state index < -0.39 is 11.3 Å². The van der Waals surface area contributed by atoms with Crippen LogP contribution in [0.25, 0.3) is 11.4 Å². The van der Waals surface area contributed by atoms with Crippen LogP contribution in [0.15, 0.2) is 36.7 Å². The fourth-order valence-corrected chi connectivity index (χ4v) is 3.70. The van der Waals surface area contributed by atoms with Crippen molar-refractivity contribution in [2.24, 2.45) is 5.41 Å². The van der Waals surface area contributed by atoms with Crippen LogP contribution < -0.4 is 15.8 Å². The molecule has 0 saturated heterocycles. The van der Waals surface area contributed by atoms with Crippen molar-refractivity contribution in [1.82, 2.24) is 34.5 Å². The second kappa shape index (κ2) is 12.5. The molecule has 190 valence electrons. The van der Waals surface area contributed by atoms with Crippen LogP contribution in [0, 0.1) is 5.41 Å². The van der Waals surface area contributed by atoms with Crippen LogP contribution in [0.3, 0.4) is 0 Å². The molecule has 0 saturated carbocycles. The second-order valence-corrected chi connectivity index (χ2v) is 9.69. The van der Waals surface area contributed by atoms with Gasteiger partial charge in [0.1, 0.15) is 5.82 Å². The number of nitrogens with two attached hydrogens (primary N) is 1. The quantitative estimate of drug-likeness (QED) is 0.312. The van der Waals surface area contributed by atoms with Gasteiger partial charge >= 0.3 is 0 Å². The summed E-state index contributed by atoms with van der Waals surface area (Å²) in [6, 6.07) is 7.12. The minimum atomic E-state index is -2.30. The zero-order valence-corrected chi connectivity index (χ0v) is 21.1. The Kier molecular flexibility index (Phi) is 9.46. The number of tetrazole rings is 1. The molecular weight excluding hydrogens is 470 g/mol. The molecule has 35 heavy (non-hydrogen) atoms. The monoisotopic (exact) mass is 502 g/mol. The number of rotatable bonds is 14. The minimum Gasteiger partial charge on any atom is -0.760 e. The van der Waals surface area contributed by atoms with E-state index in [0.717, 1.165) is 17.7 Å². The highest BCUT2D eigenvalue weighted by molar-refractivity contribution is 7.76. The molecule has 0 spiro atoms. The first kappa shape index (κ1) is 26.4. The third-order valence-corrected chi connectivity index (χ3v) is 6.27. The summed E-state index contributed by atoms with van der Waals surface area (Å²) in [6.45, 7) is 8.49. The van der Waals surface area contributed by atoms with Crippen LogP contribution in [0.4, 0.5) is 11.5 Å². The van der Waals surface area contributed by atoms with Gasteiger partial charge in [-0.25, -0.2) is 14.3 Å². The van der Waals surface area contributed by atoms with E-state index in [0.29, 0.717) is 56.7 Å². The Morgan fingerprint density at radius 1 is 1.23 bits per heavy atom. The Labute approximate surface area is 207 Å². The number of pyridine rings is 2. The Hall–Kier alpha value is -3.16. The van der Waals surface area contributed by atoms with E-state index >= 15 is 0 Å². The normalized spacial score (nSPS) is 12.6. The Morgan fingerprint density at radius 2 is 2.06 bits per heavy atom. The summed E-state index contributed by atoms with van der Waals surface area (Å²) in [5, 5.41) is 15.4. The summed E-state index contributed by atoms with van der Waals surface area (Å²) in [7, 11) is 0. The lowest BCUT2D eigenvalue weighted by molar-refractivity contribution is 0.201. The van der Waals surface area contributed by atoms with Gasteiger partial charge < -0.3 is 20.3 Å². The number of nitrogen functional groups attached to an aromatic ring is 1. The van der Waals surface area contributed by atoms with Crippen molar-refractivity contribution in [1.29, 1.82) is 0 Å². The second-order valence-electron chi connectivity index (χ2n) is 8.74. The van der Waals surface area contributed by atoms with Gasteiger partial charge in [0.05, 0.1) is 13.2 Å². The Bertz CT molecular complexity index is 1090. The maximum atomic E-state index is 11.7. The summed E-state index contributed by atoms with van der Waals surface area (Å²) in [5.41, 5.74) is 7.12. The van der Waals surface area contributed by atoms with Gasteiger partial charge in [0.25, 0.3) is 0 Å². The number of hydrogen-bond acceptors (Lipinski definition) is 10. The predicted octanol–water partition coefficient (Wildman–Crippen LogP) is 2.13. The zero-order chi connectivity index (χ0) is 25.3. The highest BCUT2D eigenvalue weighted by Gasteiger charge is 2.20. The van der Waals surface area contributed by atoms with Gasteiger partial charge in [-0.1, -0.05) is 13.8 Å². The largest absolute Gasteiger partial charge is 0.760 e. The average molecular weight is 503 g/mol. The van der Waals surface area contributed by atoms with Gasteiger partial charge in [0, 0.05) is 66.7 Å². The van der Waals surface area contributed by atoms with Gasteiger partial charge in [0.15, 0.2) is 0 Å². The lowest BCUT2D eigenvalue weighted by Crippen LogP contribution is -2.34. The number of nitrogens with one attached hydrogen (secondary N) is 1. The van der Waals surface area contributed by atoms with Gasteiger partial charge in [-0.2, -0.15) is 4.80 Å². The standard InChI is InChI=1S/C22H33N9O3S/c1-4-31-28-21(27-29-31)17-5-6-20(26-16-17)34-14-9-22(2,3)8-12-30(35(32)33)13-11-24-18-7-10-25-19(23)15-18/h5-7,10,15-16H,4,8-9,11-14H2,1-3H3,(H,32,33)(H3,23,24,25)/p-1. The van der Waals surface area contributed by atoms with Crippen LogP contribution in [0.5, 0.6) is 5.88 Å². The molecule has 0 aliphatic carbocycles. The Balaban J connectivity index is 1.41. The molecule has 0 bridgehead atoms. The van der Waals surface area contributed by atoms with E-state index in [4.69, 9.17) is 10.5 Å². The van der Waals surface area contributed by atoms with Crippen LogP contribution in [0.2, 0.25) is 0 Å². The molecule has 0 aromatic carbocycles.